The number of fused-ring (bicyclic) bond motifs is 7. The molecule has 3 aromatic carbocycles. The average Bonchev–Trinajstić information content (AvgIpc) is 1.69. The molecule has 21 N–H and O–H groups in total. The van der Waals surface area contributed by atoms with E-state index in [-0.39, 0.29) is 63.7 Å². The van der Waals surface area contributed by atoms with Crippen LogP contribution in [-0.2, 0) is 110 Å². The zero-order valence-electron chi connectivity index (χ0n) is 74.2. The minimum Gasteiger partial charge on any atom is -0.508 e. The van der Waals surface area contributed by atoms with E-state index < -0.39 is 286 Å². The van der Waals surface area contributed by atoms with Gasteiger partial charge in [0.15, 0.2) is 5.78 Å². The topological polar surface area (TPSA) is 654 Å². The Morgan fingerprint density at radius 1 is 0.511 bits per heavy atom. The van der Waals surface area contributed by atoms with Crippen LogP contribution in [0.3, 0.4) is 0 Å². The van der Waals surface area contributed by atoms with Gasteiger partial charge in [-0.25, -0.2) is 0 Å². The number of aliphatic hydroxyl groups excluding tert-OH is 2. The lowest BCUT2D eigenvalue weighted by Gasteiger charge is -2.36. The van der Waals surface area contributed by atoms with E-state index >= 15 is 33.6 Å². The number of likely N-dealkylation sites (N-methyl/N-ethyl adjacent to an activating group) is 3. The molecule has 4 aliphatic rings. The lowest BCUT2D eigenvalue weighted by molar-refractivity contribution is -0.149. The van der Waals surface area contributed by atoms with Gasteiger partial charge in [-0.3, -0.25) is 91.1 Å². The zero-order valence-corrected chi connectivity index (χ0v) is 75.0. The molecule has 0 spiro atoms. The van der Waals surface area contributed by atoms with Crippen LogP contribution in [0.25, 0.3) is 21.8 Å². The van der Waals surface area contributed by atoms with Crippen molar-refractivity contribution in [1.82, 2.24) is 82.3 Å². The predicted octanol–water partition coefficient (Wildman–Crippen LogP) is -2.52. The van der Waals surface area contributed by atoms with Crippen LogP contribution >= 0.6 is 11.8 Å². The summed E-state index contributed by atoms with van der Waals surface area (Å²) in [6.07, 6.45) is 2.00. The molecule has 44 heteroatoms. The Balaban J connectivity index is 1.09. The highest BCUT2D eigenvalue weighted by Gasteiger charge is 2.47. The summed E-state index contributed by atoms with van der Waals surface area (Å²) in [6, 6.07) is -2.60. The maximum atomic E-state index is 15.8. The number of carbonyl (C=O) groups excluding carboxylic acids is 16. The normalized spacial score (nSPS) is 26.1. The molecular formula is C89H118N18O25S. The molecule has 5 aromatic rings. The first kappa shape index (κ1) is 103. The Hall–Kier alpha value is -13.4. The van der Waals surface area contributed by atoms with E-state index in [2.05, 4.69) is 57.8 Å². The summed E-state index contributed by atoms with van der Waals surface area (Å²) < 4.78 is 0. The lowest BCUT2D eigenvalue weighted by atomic mass is 9.90. The number of nitrogens with zero attached hydrogens (tertiary/aromatic N) is 5. The van der Waals surface area contributed by atoms with Gasteiger partial charge in [0, 0.05) is 125 Å². The average molecular weight is 1870 g/mol. The van der Waals surface area contributed by atoms with Crippen molar-refractivity contribution in [2.45, 2.75) is 220 Å². The summed E-state index contributed by atoms with van der Waals surface area (Å²) in [6.45, 7) is -2.23. The number of aliphatic carboxylic acids is 3. The fourth-order valence-corrected chi connectivity index (χ4v) is 17.5. The first-order valence-corrected chi connectivity index (χ1v) is 45.2. The summed E-state index contributed by atoms with van der Waals surface area (Å²) in [5.74, 6) is -23.8. The molecule has 2 aromatic heterocycles. The zero-order chi connectivity index (χ0) is 97.0. The molecule has 2 bridgehead atoms. The van der Waals surface area contributed by atoms with Crippen molar-refractivity contribution < 1.29 is 122 Å². The van der Waals surface area contributed by atoms with Gasteiger partial charge in [0.05, 0.1) is 37.5 Å². The van der Waals surface area contributed by atoms with E-state index in [1.54, 1.807) is 60.9 Å². The predicted molar refractivity (Wildman–Crippen MR) is 478 cm³/mol. The minimum atomic E-state index is -1.95. The lowest BCUT2D eigenvalue weighted by Crippen LogP contribution is -2.61. The van der Waals surface area contributed by atoms with Gasteiger partial charge in [0.2, 0.25) is 88.6 Å². The summed E-state index contributed by atoms with van der Waals surface area (Å²) in [7, 11) is 3.74. The number of hydrogen-bond donors (Lipinski definition) is 19. The van der Waals surface area contributed by atoms with E-state index in [0.29, 0.717) is 82.4 Å². The quantitative estimate of drug-likeness (QED) is 0.0380. The number of amides is 15. The van der Waals surface area contributed by atoms with Gasteiger partial charge < -0.3 is 124 Å². The van der Waals surface area contributed by atoms with Gasteiger partial charge >= 0.3 is 17.9 Å². The van der Waals surface area contributed by atoms with Crippen LogP contribution in [0.1, 0.15) is 133 Å². The van der Waals surface area contributed by atoms with E-state index in [1.165, 1.54) is 45.3 Å². The summed E-state index contributed by atoms with van der Waals surface area (Å²) in [5, 5.41) is 86.5. The molecule has 0 saturated carbocycles. The van der Waals surface area contributed by atoms with Gasteiger partial charge in [0.25, 0.3) is 0 Å². The van der Waals surface area contributed by atoms with Crippen LogP contribution in [-0.4, -0.2) is 327 Å². The third-order valence-corrected chi connectivity index (χ3v) is 25.2. The van der Waals surface area contributed by atoms with Crippen molar-refractivity contribution in [3.05, 3.63) is 114 Å². The number of H-pyrrole nitrogens is 2. The highest BCUT2D eigenvalue weighted by atomic mass is 32.2. The van der Waals surface area contributed by atoms with Crippen molar-refractivity contribution in [2.75, 3.05) is 65.4 Å². The molecule has 0 unspecified atom stereocenters. The number of benzene rings is 3. The van der Waals surface area contributed by atoms with Gasteiger partial charge in [-0.1, -0.05) is 73.5 Å². The number of carboxylic acids is 3. The van der Waals surface area contributed by atoms with Crippen molar-refractivity contribution in [3.8, 4) is 5.75 Å². The highest BCUT2D eigenvalue weighted by molar-refractivity contribution is 8.00. The molecule has 43 nitrogen and oxygen atoms in total. The number of allylic oxidation sites excluding steroid dienone is 2. The first-order valence-electron chi connectivity index (χ1n) is 44.0. The largest absolute Gasteiger partial charge is 0.508 e. The number of aromatic amines is 2. The molecular weight excluding hydrogens is 1750 g/mol. The smallest absolute Gasteiger partial charge is 0.305 e. The van der Waals surface area contributed by atoms with Crippen LogP contribution < -0.4 is 59.3 Å². The number of nitrogens with two attached hydrogens (primary N) is 2. The van der Waals surface area contributed by atoms with Crippen LogP contribution in [0, 0.1) is 5.92 Å². The van der Waals surface area contributed by atoms with Crippen molar-refractivity contribution in [2.24, 2.45) is 17.4 Å². The van der Waals surface area contributed by atoms with Crippen LogP contribution in [0.5, 0.6) is 5.75 Å². The molecule has 0 radical (unpaired) electrons. The van der Waals surface area contributed by atoms with Crippen LogP contribution in [0.15, 0.2) is 97.3 Å². The molecule has 15 atom stereocenters. The number of primary amides is 1. The second-order valence-electron chi connectivity index (χ2n) is 33.7. The number of rotatable bonds is 19. The van der Waals surface area contributed by atoms with E-state index in [9.17, 15) is 88.2 Å². The van der Waals surface area contributed by atoms with Crippen molar-refractivity contribution >= 4 is 146 Å². The number of aromatic hydroxyl groups is 1. The molecule has 3 saturated heterocycles. The van der Waals surface area contributed by atoms with E-state index in [1.807, 2.05) is 12.2 Å². The monoisotopic (exact) mass is 1870 g/mol. The number of carbonyl (C=O) groups is 19. The molecule has 133 heavy (non-hydrogen) atoms. The molecule has 720 valence electrons. The molecule has 3 fully saturated rings. The highest BCUT2D eigenvalue weighted by Crippen LogP contribution is 2.30. The Labute approximate surface area is 768 Å². The Kier molecular flexibility index (Phi) is 38.3. The first-order chi connectivity index (χ1) is 63.4. The van der Waals surface area contributed by atoms with Crippen LogP contribution in [0.2, 0.25) is 0 Å². The van der Waals surface area contributed by atoms with E-state index in [4.69, 9.17) is 11.5 Å². The van der Waals surface area contributed by atoms with Crippen molar-refractivity contribution in [3.63, 3.8) is 0 Å². The third-order valence-electron chi connectivity index (χ3n) is 24.2. The molecule has 6 heterocycles. The number of thioether (sulfide) groups is 1. The van der Waals surface area contributed by atoms with E-state index in [0.717, 1.165) is 31.5 Å². The number of nitrogens with one attached hydrogen (secondary N) is 11. The third kappa shape index (κ3) is 28.8. The number of aliphatic hydroxyl groups is 2. The second-order valence-corrected chi connectivity index (χ2v) is 34.7. The number of Topliss-reactive ketones (excluding diaryl/α,β-unsaturated/α-hetero) is 1. The number of aromatic nitrogens is 2. The van der Waals surface area contributed by atoms with Crippen molar-refractivity contribution in [1.29, 1.82) is 0 Å². The summed E-state index contributed by atoms with van der Waals surface area (Å²) in [5.41, 5.74) is 14.0. The number of phenols is 1. The molecule has 15 amide bonds. The number of para-hydroxylation sites is 2. The Bertz CT molecular complexity index is 5120. The fourth-order valence-electron chi connectivity index (χ4n) is 16.7. The van der Waals surface area contributed by atoms with Gasteiger partial charge in [-0.2, -0.15) is 0 Å². The molecule has 4 aliphatic heterocycles. The SMILES string of the molecule is C[C@H]1C(=O)N[C@@H](CC(=O)O)C(=O)N2CCC[C@H]2C(=O)N[C@@H](CN)C(=O)N[C@@H](CCC(=O)O)C(=O)N2C[C@H](O)C[C@H]2C(=O)C[C@@H](Cc2c[nH]c3ccccc23)C(=O)N[C@@H](CO)C(=O)N[C@@H](Cc2c[nH]c3ccccc23)C(=O)N(C)[C@H]2CCCC/C=C\CCCC[C@@H](C(=O)N[C@@H](CCC(=O)O)C(=O)N[C@H](C(=O)NCC(N)=O)CSCC(=O)N[C@@H](Cc3ccc(O)cc3)C(=O)N1C)N(C)C2=O. The summed E-state index contributed by atoms with van der Waals surface area (Å²) in [4.78, 5) is 283. The van der Waals surface area contributed by atoms with Gasteiger partial charge in [0.1, 0.15) is 78.3 Å². The maximum Gasteiger partial charge on any atom is 0.305 e. The Morgan fingerprint density at radius 2 is 1.03 bits per heavy atom. The fraction of sp³-hybridized carbons (Fsp3) is 0.517. The second kappa shape index (κ2) is 49.2. The standard InChI is InChI=1S/C89H118N18O25S/c1-48-77(120)98-63(39-76(118)119)88(131)106-33-17-24-68(106)84(127)100-64(40-90)81(124)97-60(30-32-75(116)117)87(130)107-44-54(110)38-70(107)71(111)37-50(35-51-41-92-57-20-15-13-18-55(51)57)78(121)101-65(45-108)82(125)99-62(36-52-42-93-58-21-16-14-19-56(52)58)86(129)105(4)69-23-12-10-8-6-5-7-9-11-22-67(104(3)89(69)132)83(126)96-59(29-31-74(114)115)80(123)102-66(79(122)94-43-72(91)112)46-133-47-73(113)95-61(85(128)103(48)2)34-49-25-27-53(109)28-26-49/h5-6,13-16,18-21,25-28,41-42,48,50,54,59-70,92-93,108-110H,7-12,17,22-24,29-40,43-47,90H2,1-4H3,(H2,91,112)(H,94,122)(H,95,113)(H,96,126)(H,97,124)(H,98,120)(H,99,125)(H,100,127)(H,101,121)(H,102,123)(H,114,115)(H,116,117)(H,118,119)/b6-5-/t48-,50+,54+,59-,60-,61-,62-,63-,64-,65-,66-,67-,68-,69-,70-/m0/s1. The van der Waals surface area contributed by atoms with Gasteiger partial charge in [-0.05, 0) is 119 Å². The molecule has 0 aliphatic carbocycles. The Morgan fingerprint density at radius 3 is 1.64 bits per heavy atom. The number of ketones is 1. The van der Waals surface area contributed by atoms with Gasteiger partial charge in [-0.15, -0.1) is 11.8 Å². The van der Waals surface area contributed by atoms with Crippen LogP contribution in [0.4, 0.5) is 0 Å². The number of carboxylic acid groups (broad SMARTS) is 3. The number of hydrogen-bond acceptors (Lipinski definition) is 24. The summed E-state index contributed by atoms with van der Waals surface area (Å²) >= 11 is 0.685. The minimum absolute atomic E-state index is 0.0575. The maximum absolute atomic E-state index is 15.8. The molecule has 9 rings (SSSR count). The number of phenolic OH excluding ortho intramolecular Hbond substituents is 1.